The van der Waals surface area contributed by atoms with Crippen molar-refractivity contribution in [3.8, 4) is 11.4 Å². The molecule has 1 aromatic carbocycles. The molecule has 7 nitrogen and oxygen atoms in total. The Morgan fingerprint density at radius 3 is 2.68 bits per heavy atom. The molecule has 0 aliphatic carbocycles. The fourth-order valence-electron chi connectivity index (χ4n) is 2.39. The van der Waals surface area contributed by atoms with Crippen LogP contribution < -0.4 is 10.1 Å². The molecular weight excluding hydrogens is 320 g/mol. The summed E-state index contributed by atoms with van der Waals surface area (Å²) in [5, 5.41) is 17.1. The number of carbonyl (C=O) groups excluding carboxylic acids is 1. The number of aliphatic hydroxyl groups is 1. The summed E-state index contributed by atoms with van der Waals surface area (Å²) < 4.78 is 9.20. The van der Waals surface area contributed by atoms with E-state index in [1.165, 1.54) is 6.92 Å². The minimum atomic E-state index is -0.688. The summed E-state index contributed by atoms with van der Waals surface area (Å²) in [6.07, 6.45) is 6.80. The summed E-state index contributed by atoms with van der Waals surface area (Å²) in [5.74, 6) is 0.504. The van der Waals surface area contributed by atoms with Crippen LogP contribution in [0.5, 0.6) is 5.75 Å². The molecule has 0 radical (unpaired) electrons. The molecule has 25 heavy (non-hydrogen) atoms. The van der Waals surface area contributed by atoms with Crippen molar-refractivity contribution in [3.05, 3.63) is 61.2 Å². The van der Waals surface area contributed by atoms with Gasteiger partial charge in [0, 0.05) is 31.2 Å². The normalized spacial score (nSPS) is 11.9. The summed E-state index contributed by atoms with van der Waals surface area (Å²) in [6.45, 7) is 1.95. The van der Waals surface area contributed by atoms with Gasteiger partial charge in [-0.3, -0.25) is 9.48 Å². The molecule has 0 saturated carbocycles. The zero-order chi connectivity index (χ0) is 17.6. The van der Waals surface area contributed by atoms with Crippen LogP contribution >= 0.6 is 0 Å². The van der Waals surface area contributed by atoms with Crippen LogP contribution in [0.3, 0.4) is 0 Å². The lowest BCUT2D eigenvalue weighted by Gasteiger charge is -2.13. The van der Waals surface area contributed by atoms with Gasteiger partial charge < -0.3 is 19.7 Å². The van der Waals surface area contributed by atoms with Crippen LogP contribution in [-0.2, 0) is 11.3 Å². The highest BCUT2D eigenvalue weighted by Crippen LogP contribution is 2.16. The first-order valence-electron chi connectivity index (χ1n) is 7.94. The molecule has 3 aromatic rings. The van der Waals surface area contributed by atoms with Crippen LogP contribution in [0.25, 0.3) is 5.69 Å². The van der Waals surface area contributed by atoms with Crippen molar-refractivity contribution in [1.29, 1.82) is 0 Å². The Morgan fingerprint density at radius 1 is 1.28 bits per heavy atom. The zero-order valence-corrected chi connectivity index (χ0v) is 13.9. The van der Waals surface area contributed by atoms with E-state index in [0.29, 0.717) is 18.0 Å². The number of ether oxygens (including phenoxy) is 1. The van der Waals surface area contributed by atoms with Gasteiger partial charge in [-0.2, -0.15) is 5.10 Å². The number of nitrogens with zero attached hydrogens (tertiary/aromatic N) is 3. The Labute approximate surface area is 145 Å². The first-order valence-corrected chi connectivity index (χ1v) is 7.94. The van der Waals surface area contributed by atoms with E-state index < -0.39 is 6.10 Å². The van der Waals surface area contributed by atoms with E-state index >= 15 is 0 Å². The number of rotatable bonds is 7. The summed E-state index contributed by atoms with van der Waals surface area (Å²) in [7, 11) is 0. The van der Waals surface area contributed by atoms with Gasteiger partial charge in [-0.1, -0.05) is 0 Å². The minimum Gasteiger partial charge on any atom is -0.491 e. The lowest BCUT2D eigenvalue weighted by molar-refractivity contribution is -0.114. The highest BCUT2D eigenvalue weighted by atomic mass is 16.5. The minimum absolute atomic E-state index is 0.123. The molecule has 130 valence electrons. The molecule has 2 N–H and O–H groups in total. The molecule has 7 heteroatoms. The quantitative estimate of drug-likeness (QED) is 0.690. The van der Waals surface area contributed by atoms with Crippen molar-refractivity contribution in [2.24, 2.45) is 0 Å². The molecule has 0 aliphatic rings. The Hall–Kier alpha value is -3.06. The van der Waals surface area contributed by atoms with Crippen molar-refractivity contribution in [1.82, 2.24) is 14.3 Å². The first kappa shape index (κ1) is 16.8. The smallest absolute Gasteiger partial charge is 0.221 e. The molecule has 2 heterocycles. The molecule has 3 rings (SSSR count). The van der Waals surface area contributed by atoms with Gasteiger partial charge in [0.15, 0.2) is 0 Å². The fraction of sp³-hybridized carbons (Fsp3) is 0.222. The van der Waals surface area contributed by atoms with E-state index in [-0.39, 0.29) is 12.5 Å². The van der Waals surface area contributed by atoms with Gasteiger partial charge >= 0.3 is 0 Å². The standard InChI is InChI=1S/C18H20N4O3/c1-14(23)20-15-4-6-18(7-5-15)25-13-17(24)12-22-11-16(10-19-22)21-8-2-3-9-21/h2-11,17,24H,12-13H2,1H3,(H,20,23). The lowest BCUT2D eigenvalue weighted by Crippen LogP contribution is -2.23. The molecule has 0 spiro atoms. The van der Waals surface area contributed by atoms with Crippen molar-refractivity contribution in [2.45, 2.75) is 19.6 Å². The summed E-state index contributed by atoms with van der Waals surface area (Å²) in [5.41, 5.74) is 1.64. The van der Waals surface area contributed by atoms with E-state index in [9.17, 15) is 9.90 Å². The molecule has 0 bridgehead atoms. The summed E-state index contributed by atoms with van der Waals surface area (Å²) in [4.78, 5) is 11.0. The number of hydrogen-bond acceptors (Lipinski definition) is 4. The molecule has 0 fully saturated rings. The van der Waals surface area contributed by atoms with Gasteiger partial charge in [0.25, 0.3) is 0 Å². The maximum Gasteiger partial charge on any atom is 0.221 e. The average Bonchev–Trinajstić information content (AvgIpc) is 3.25. The number of aliphatic hydroxyl groups excluding tert-OH is 1. The third-order valence-corrected chi connectivity index (χ3v) is 3.54. The molecule has 1 unspecified atom stereocenters. The number of carbonyl (C=O) groups is 1. The number of anilines is 1. The summed E-state index contributed by atoms with van der Waals surface area (Å²) >= 11 is 0. The van der Waals surface area contributed by atoms with E-state index in [4.69, 9.17) is 4.74 Å². The van der Waals surface area contributed by atoms with Crippen molar-refractivity contribution >= 4 is 11.6 Å². The fourth-order valence-corrected chi connectivity index (χ4v) is 2.39. The zero-order valence-electron chi connectivity index (χ0n) is 13.9. The number of nitrogens with one attached hydrogen (secondary N) is 1. The summed E-state index contributed by atoms with van der Waals surface area (Å²) in [6, 6.07) is 10.9. The van der Waals surface area contributed by atoms with Crippen molar-refractivity contribution in [2.75, 3.05) is 11.9 Å². The van der Waals surface area contributed by atoms with E-state index in [2.05, 4.69) is 10.4 Å². The van der Waals surface area contributed by atoms with Crippen LogP contribution in [0.1, 0.15) is 6.92 Å². The first-order chi connectivity index (χ1) is 12.1. The maximum absolute atomic E-state index is 11.0. The maximum atomic E-state index is 11.0. The third-order valence-electron chi connectivity index (χ3n) is 3.54. The second-order valence-corrected chi connectivity index (χ2v) is 5.68. The third kappa shape index (κ3) is 4.71. The second kappa shape index (κ2) is 7.67. The number of amides is 1. The van der Waals surface area contributed by atoms with Gasteiger partial charge in [0.05, 0.1) is 18.4 Å². The van der Waals surface area contributed by atoms with Gasteiger partial charge in [0.1, 0.15) is 18.5 Å². The van der Waals surface area contributed by atoms with Crippen molar-refractivity contribution < 1.29 is 14.6 Å². The molecule has 1 amide bonds. The second-order valence-electron chi connectivity index (χ2n) is 5.68. The van der Waals surface area contributed by atoms with E-state index in [1.54, 1.807) is 35.1 Å². The molecule has 1 atom stereocenters. The Balaban J connectivity index is 1.49. The number of hydrogen-bond donors (Lipinski definition) is 2. The van der Waals surface area contributed by atoms with Gasteiger partial charge in [-0.05, 0) is 36.4 Å². The number of benzene rings is 1. The van der Waals surface area contributed by atoms with Gasteiger partial charge in [-0.15, -0.1) is 0 Å². The van der Waals surface area contributed by atoms with Crippen LogP contribution in [0, 0.1) is 0 Å². The predicted molar refractivity (Wildman–Crippen MR) is 93.8 cm³/mol. The van der Waals surface area contributed by atoms with E-state index in [0.717, 1.165) is 5.69 Å². The Kier molecular flexibility index (Phi) is 5.15. The van der Waals surface area contributed by atoms with Crippen LogP contribution in [0.2, 0.25) is 0 Å². The number of aromatic nitrogens is 3. The van der Waals surface area contributed by atoms with Crippen LogP contribution in [-0.4, -0.2) is 38.1 Å². The van der Waals surface area contributed by atoms with Gasteiger partial charge in [-0.25, -0.2) is 0 Å². The van der Waals surface area contributed by atoms with Crippen LogP contribution in [0.15, 0.2) is 61.2 Å². The molecule has 2 aromatic heterocycles. The highest BCUT2D eigenvalue weighted by molar-refractivity contribution is 5.88. The van der Waals surface area contributed by atoms with Crippen LogP contribution in [0.4, 0.5) is 5.69 Å². The molecule has 0 saturated heterocycles. The SMILES string of the molecule is CC(=O)Nc1ccc(OCC(O)Cn2cc(-n3cccc3)cn2)cc1. The molecule has 0 aliphatic heterocycles. The predicted octanol–water partition coefficient (Wildman–Crippen LogP) is 2.07. The van der Waals surface area contributed by atoms with E-state index in [1.807, 2.05) is 35.3 Å². The highest BCUT2D eigenvalue weighted by Gasteiger charge is 2.09. The lowest BCUT2D eigenvalue weighted by atomic mass is 10.3. The largest absolute Gasteiger partial charge is 0.491 e. The van der Waals surface area contributed by atoms with Crippen molar-refractivity contribution in [3.63, 3.8) is 0 Å². The Bertz CT molecular complexity index is 809. The average molecular weight is 340 g/mol. The monoisotopic (exact) mass is 340 g/mol. The topological polar surface area (TPSA) is 81.3 Å². The van der Waals surface area contributed by atoms with Gasteiger partial charge in [0.2, 0.25) is 5.91 Å². The Morgan fingerprint density at radius 2 is 2.00 bits per heavy atom. The molecular formula is C18H20N4O3.